The molecule has 40 heavy (non-hydrogen) atoms. The monoisotopic (exact) mass is 702 g/mol. The third-order valence-corrected chi connectivity index (χ3v) is 7.77. The Bertz CT molecular complexity index is 796. The third kappa shape index (κ3) is 10.4. The van der Waals surface area contributed by atoms with Gasteiger partial charge in [-0.3, -0.25) is 9.59 Å². The van der Waals surface area contributed by atoms with Crippen LogP contribution < -0.4 is 0 Å². The van der Waals surface area contributed by atoms with Crippen molar-refractivity contribution in [2.45, 2.75) is 141 Å². The number of aliphatic hydroxyl groups excluding tert-OH is 2. The van der Waals surface area contributed by atoms with E-state index < -0.39 is 83.2 Å². The molecule has 2 fully saturated rings. The molecule has 10 nitrogen and oxygen atoms in total. The van der Waals surface area contributed by atoms with Crippen molar-refractivity contribution in [3.8, 4) is 0 Å². The fourth-order valence-electron chi connectivity index (χ4n) is 5.24. The van der Waals surface area contributed by atoms with Crippen LogP contribution in [0.3, 0.4) is 0 Å². The Hall–Kier alpha value is -0.340. The summed E-state index contributed by atoms with van der Waals surface area (Å²) < 4.78 is 36.3. The number of ether oxygens (including phenoxy) is 6. The molecule has 0 aliphatic carbocycles. The van der Waals surface area contributed by atoms with E-state index in [0.29, 0.717) is 0 Å². The normalized spacial score (nSPS) is 29.4. The van der Waals surface area contributed by atoms with E-state index in [1.165, 1.54) is 0 Å². The lowest BCUT2D eigenvalue weighted by Crippen LogP contribution is -2.50. The van der Waals surface area contributed by atoms with Gasteiger partial charge in [-0.2, -0.15) is 0 Å². The Morgan fingerprint density at radius 3 is 1.20 bits per heavy atom. The minimum atomic E-state index is -1.08. The van der Waals surface area contributed by atoms with E-state index in [4.69, 9.17) is 28.4 Å². The lowest BCUT2D eigenvalue weighted by Gasteiger charge is -2.38. The fourth-order valence-corrected chi connectivity index (χ4v) is 5.98. The molecular formula is C28H48Br2O10. The number of hydrogen-bond donors (Lipinski definition) is 2. The van der Waals surface area contributed by atoms with Gasteiger partial charge in [-0.05, 0) is 69.2 Å². The van der Waals surface area contributed by atoms with Crippen molar-refractivity contribution in [2.75, 3.05) is 10.7 Å². The van der Waals surface area contributed by atoms with E-state index in [0.717, 1.165) is 0 Å². The summed E-state index contributed by atoms with van der Waals surface area (Å²) in [6, 6.07) is 0. The van der Waals surface area contributed by atoms with Gasteiger partial charge in [-0.25, -0.2) is 0 Å². The van der Waals surface area contributed by atoms with Crippen molar-refractivity contribution < 1.29 is 48.2 Å². The van der Waals surface area contributed by atoms with Gasteiger partial charge in [-0.1, -0.05) is 31.9 Å². The van der Waals surface area contributed by atoms with Gasteiger partial charge in [-0.15, -0.1) is 0 Å². The van der Waals surface area contributed by atoms with E-state index in [2.05, 4.69) is 31.9 Å². The first-order valence-corrected chi connectivity index (χ1v) is 16.0. The molecule has 2 N–H and O–H groups in total. The van der Waals surface area contributed by atoms with E-state index in [1.807, 2.05) is 0 Å². The Labute approximate surface area is 255 Å². The second kappa shape index (κ2) is 13.5. The highest BCUT2D eigenvalue weighted by molar-refractivity contribution is 9.09. The summed E-state index contributed by atoms with van der Waals surface area (Å²) >= 11 is 6.65. The van der Waals surface area contributed by atoms with E-state index in [-0.39, 0.29) is 23.5 Å². The predicted molar refractivity (Wildman–Crippen MR) is 155 cm³/mol. The summed E-state index contributed by atoms with van der Waals surface area (Å²) in [7, 11) is 0. The van der Waals surface area contributed by atoms with Gasteiger partial charge in [0.15, 0.2) is 11.6 Å². The maximum atomic E-state index is 13.3. The number of rotatable bonds is 11. The SMILES string of the molecule is CC(C)(C)OC(=O)C[C@H]([C@H](CC(=O)OC(C)(C)C)[C@@H]1OC(C)(C)O[C@@H]1[C@H](O)CBr)[C@@H]1OC(C)(C)O[C@@H]1[C@H](O)CBr. The van der Waals surface area contributed by atoms with Crippen LogP contribution in [0.2, 0.25) is 0 Å². The van der Waals surface area contributed by atoms with Crippen LogP contribution in [0.25, 0.3) is 0 Å². The Balaban J connectivity index is 2.67. The highest BCUT2D eigenvalue weighted by atomic mass is 79.9. The van der Waals surface area contributed by atoms with Crippen LogP contribution in [0.4, 0.5) is 0 Å². The molecule has 0 amide bonds. The minimum Gasteiger partial charge on any atom is -0.460 e. The molecule has 0 aromatic heterocycles. The summed E-state index contributed by atoms with van der Waals surface area (Å²) in [6.45, 7) is 17.5. The molecular weight excluding hydrogens is 656 g/mol. The van der Waals surface area contributed by atoms with Crippen LogP contribution in [0.1, 0.15) is 82.1 Å². The summed E-state index contributed by atoms with van der Waals surface area (Å²) in [5, 5.41) is 22.2. The Morgan fingerprint density at radius 1 is 0.675 bits per heavy atom. The smallest absolute Gasteiger partial charge is 0.306 e. The highest BCUT2D eigenvalue weighted by Crippen LogP contribution is 2.45. The molecule has 2 rings (SSSR count). The average molecular weight is 704 g/mol. The first-order chi connectivity index (χ1) is 18.1. The Morgan fingerprint density at radius 2 is 0.950 bits per heavy atom. The highest BCUT2D eigenvalue weighted by Gasteiger charge is 2.56. The molecule has 234 valence electrons. The number of alkyl halides is 2. The van der Waals surface area contributed by atoms with E-state index >= 15 is 0 Å². The van der Waals surface area contributed by atoms with Crippen LogP contribution >= 0.6 is 31.9 Å². The summed E-state index contributed by atoms with van der Waals surface area (Å²) in [4.78, 5) is 26.7. The topological polar surface area (TPSA) is 130 Å². The molecule has 0 unspecified atom stereocenters. The van der Waals surface area contributed by atoms with Gasteiger partial charge in [0, 0.05) is 22.5 Å². The van der Waals surface area contributed by atoms with Crippen LogP contribution in [-0.2, 0) is 38.0 Å². The summed E-state index contributed by atoms with van der Waals surface area (Å²) in [6.07, 6.45) is -5.63. The molecule has 2 saturated heterocycles. The molecule has 0 saturated carbocycles. The number of esters is 2. The molecule has 0 aromatic carbocycles. The molecule has 2 heterocycles. The zero-order chi connectivity index (χ0) is 30.8. The standard InChI is InChI=1S/C28H48Br2O10/c1-25(2,3)35-19(33)11-15(21-23(17(31)13-29)39-27(7,8)37-21)16(12-20(34)36-26(4,5)6)22-24(18(32)14-30)40-28(9,10)38-22/h15-18,21-24,31-32H,11-14H2,1-10H3/t15-,16+,17-,18-,21+,22+,23-,24-/m1/s1. The maximum absolute atomic E-state index is 13.3. The second-order valence-electron chi connectivity index (χ2n) is 13.5. The van der Waals surface area contributed by atoms with Gasteiger partial charge in [0.1, 0.15) is 23.4 Å². The largest absolute Gasteiger partial charge is 0.460 e. The van der Waals surface area contributed by atoms with Crippen molar-refractivity contribution in [1.82, 2.24) is 0 Å². The van der Waals surface area contributed by atoms with Crippen molar-refractivity contribution >= 4 is 43.8 Å². The minimum absolute atomic E-state index is 0.169. The van der Waals surface area contributed by atoms with Gasteiger partial charge >= 0.3 is 11.9 Å². The fraction of sp³-hybridized carbons (Fsp3) is 0.929. The number of halogens is 2. The maximum Gasteiger partial charge on any atom is 0.306 e. The van der Waals surface area contributed by atoms with Crippen LogP contribution in [0.15, 0.2) is 0 Å². The van der Waals surface area contributed by atoms with E-state index in [1.54, 1.807) is 69.2 Å². The van der Waals surface area contributed by atoms with Crippen LogP contribution in [-0.4, -0.2) is 92.2 Å². The number of hydrogen-bond acceptors (Lipinski definition) is 10. The molecule has 8 atom stereocenters. The van der Waals surface area contributed by atoms with E-state index in [9.17, 15) is 19.8 Å². The lowest BCUT2D eigenvalue weighted by atomic mass is 9.75. The summed E-state index contributed by atoms with van der Waals surface area (Å²) in [5.74, 6) is -4.69. The molecule has 0 bridgehead atoms. The van der Waals surface area contributed by atoms with Crippen molar-refractivity contribution in [3.63, 3.8) is 0 Å². The molecule has 2 aliphatic heterocycles. The molecule has 0 aromatic rings. The van der Waals surface area contributed by atoms with Gasteiger partial charge in [0.2, 0.25) is 0 Å². The van der Waals surface area contributed by atoms with Gasteiger partial charge in [0.25, 0.3) is 0 Å². The number of carbonyl (C=O) groups is 2. The molecule has 12 heteroatoms. The number of carbonyl (C=O) groups excluding carboxylic acids is 2. The second-order valence-corrected chi connectivity index (χ2v) is 14.8. The molecule has 2 aliphatic rings. The van der Waals surface area contributed by atoms with Crippen molar-refractivity contribution in [1.29, 1.82) is 0 Å². The molecule has 0 radical (unpaired) electrons. The van der Waals surface area contributed by atoms with Crippen LogP contribution in [0, 0.1) is 11.8 Å². The third-order valence-electron chi connectivity index (χ3n) is 6.44. The average Bonchev–Trinajstić information content (AvgIpc) is 3.27. The zero-order valence-corrected chi connectivity index (χ0v) is 28.5. The summed E-state index contributed by atoms with van der Waals surface area (Å²) in [5.41, 5.74) is -1.51. The lowest BCUT2D eigenvalue weighted by molar-refractivity contribution is -0.177. The number of aliphatic hydroxyl groups is 2. The first-order valence-electron chi connectivity index (χ1n) is 13.7. The molecule has 0 spiro atoms. The Kier molecular flexibility index (Phi) is 12.1. The first kappa shape index (κ1) is 35.9. The van der Waals surface area contributed by atoms with Crippen LogP contribution in [0.5, 0.6) is 0 Å². The van der Waals surface area contributed by atoms with Crippen molar-refractivity contribution in [2.24, 2.45) is 11.8 Å². The van der Waals surface area contributed by atoms with Crippen molar-refractivity contribution in [3.05, 3.63) is 0 Å². The quantitative estimate of drug-likeness (QED) is 0.238. The zero-order valence-electron chi connectivity index (χ0n) is 25.4. The predicted octanol–water partition coefficient (Wildman–Crippen LogP) is 4.23. The van der Waals surface area contributed by atoms with Gasteiger partial charge in [0.05, 0.1) is 37.3 Å². The van der Waals surface area contributed by atoms with Gasteiger partial charge < -0.3 is 38.6 Å².